The number of nitrogens with one attached hydrogen (secondary N) is 1. The van der Waals surface area contributed by atoms with Gasteiger partial charge in [-0.3, -0.25) is 4.79 Å². The van der Waals surface area contributed by atoms with Gasteiger partial charge in [-0.05, 0) is 36.8 Å². The molecule has 0 saturated carbocycles. The van der Waals surface area contributed by atoms with E-state index in [-0.39, 0.29) is 17.4 Å². The molecule has 1 aromatic heterocycles. The van der Waals surface area contributed by atoms with Gasteiger partial charge in [-0.1, -0.05) is 18.2 Å². The van der Waals surface area contributed by atoms with Gasteiger partial charge in [-0.15, -0.1) is 0 Å². The third kappa shape index (κ3) is 4.41. The van der Waals surface area contributed by atoms with E-state index in [0.29, 0.717) is 34.7 Å². The molecule has 1 amide bonds. The molecule has 4 rings (SSSR count). The van der Waals surface area contributed by atoms with Crippen molar-refractivity contribution in [2.45, 2.75) is 12.5 Å². The summed E-state index contributed by atoms with van der Waals surface area (Å²) in [5.74, 6) is 0.758. The second-order valence-corrected chi connectivity index (χ2v) is 9.54. The quantitative estimate of drug-likeness (QED) is 0.631. The normalized spacial score (nSPS) is 17.3. The number of methoxy groups -OCH3 is 2. The van der Waals surface area contributed by atoms with Crippen molar-refractivity contribution in [3.8, 4) is 28.4 Å². The molecule has 1 unspecified atom stereocenters. The van der Waals surface area contributed by atoms with Gasteiger partial charge in [0, 0.05) is 17.8 Å². The van der Waals surface area contributed by atoms with Gasteiger partial charge in [0.1, 0.15) is 5.69 Å². The Hall–Kier alpha value is -3.33. The Balaban J connectivity index is 1.74. The predicted molar refractivity (Wildman–Crippen MR) is 117 cm³/mol. The van der Waals surface area contributed by atoms with Crippen LogP contribution >= 0.6 is 0 Å². The van der Waals surface area contributed by atoms with Crippen molar-refractivity contribution < 1.29 is 22.7 Å². The maximum absolute atomic E-state index is 13.1. The number of sulfone groups is 1. The van der Waals surface area contributed by atoms with Crippen LogP contribution in [-0.2, 0) is 9.84 Å². The number of para-hydroxylation sites is 1. The van der Waals surface area contributed by atoms with E-state index in [0.717, 1.165) is 5.69 Å². The lowest BCUT2D eigenvalue weighted by Gasteiger charge is -2.12. The van der Waals surface area contributed by atoms with Gasteiger partial charge in [0.15, 0.2) is 21.3 Å². The van der Waals surface area contributed by atoms with Crippen molar-refractivity contribution in [1.82, 2.24) is 15.1 Å². The molecule has 9 heteroatoms. The summed E-state index contributed by atoms with van der Waals surface area (Å²) in [5.41, 5.74) is 2.28. The Labute approximate surface area is 180 Å². The highest BCUT2D eigenvalue weighted by Gasteiger charge is 2.30. The van der Waals surface area contributed by atoms with Crippen LogP contribution in [0.15, 0.2) is 54.7 Å². The number of carbonyl (C=O) groups is 1. The lowest BCUT2D eigenvalue weighted by Crippen LogP contribution is -2.35. The summed E-state index contributed by atoms with van der Waals surface area (Å²) < 4.78 is 35.9. The standard InChI is InChI=1S/C22H23N3O5S/c1-29-19-9-8-15(12-20(19)30-2)21-18(13-25(24-21)17-6-4-3-5-7-17)22(26)23-16-10-11-31(27,28)14-16/h3-9,12-13,16H,10-11,14H2,1-2H3,(H,23,26). The second-order valence-electron chi connectivity index (χ2n) is 7.31. The molecule has 0 radical (unpaired) electrons. The van der Waals surface area contributed by atoms with E-state index in [2.05, 4.69) is 10.4 Å². The average Bonchev–Trinajstić information content (AvgIpc) is 3.37. The minimum atomic E-state index is -3.11. The van der Waals surface area contributed by atoms with Gasteiger partial charge in [0.25, 0.3) is 5.91 Å². The van der Waals surface area contributed by atoms with E-state index in [1.165, 1.54) is 0 Å². The first-order valence-electron chi connectivity index (χ1n) is 9.79. The van der Waals surface area contributed by atoms with Gasteiger partial charge in [-0.25, -0.2) is 13.1 Å². The Morgan fingerprint density at radius 2 is 1.84 bits per heavy atom. The molecule has 2 aromatic carbocycles. The van der Waals surface area contributed by atoms with Gasteiger partial charge >= 0.3 is 0 Å². The molecule has 0 aliphatic carbocycles. The number of amides is 1. The molecule has 31 heavy (non-hydrogen) atoms. The molecule has 3 aromatic rings. The predicted octanol–water partition coefficient (Wildman–Crippen LogP) is 2.47. The number of rotatable bonds is 6. The molecule has 1 N–H and O–H groups in total. The Kier molecular flexibility index (Phi) is 5.69. The molecule has 1 saturated heterocycles. The topological polar surface area (TPSA) is 99.5 Å². The summed E-state index contributed by atoms with van der Waals surface area (Å²) in [6.45, 7) is 0. The maximum atomic E-state index is 13.1. The molecule has 1 atom stereocenters. The van der Waals surface area contributed by atoms with Crippen molar-refractivity contribution in [1.29, 1.82) is 0 Å². The van der Waals surface area contributed by atoms with Crippen LogP contribution in [0.2, 0.25) is 0 Å². The minimum Gasteiger partial charge on any atom is -0.493 e. The van der Waals surface area contributed by atoms with Gasteiger partial charge in [0.2, 0.25) is 0 Å². The van der Waals surface area contributed by atoms with Crippen LogP contribution < -0.4 is 14.8 Å². The number of aromatic nitrogens is 2. The first kappa shape index (κ1) is 20.9. The lowest BCUT2D eigenvalue weighted by molar-refractivity contribution is 0.0941. The lowest BCUT2D eigenvalue weighted by atomic mass is 10.1. The van der Waals surface area contributed by atoms with E-state index in [1.807, 2.05) is 30.3 Å². The zero-order valence-electron chi connectivity index (χ0n) is 17.2. The number of ether oxygens (including phenoxy) is 2. The Bertz CT molecular complexity index is 1210. The molecule has 1 fully saturated rings. The van der Waals surface area contributed by atoms with Crippen molar-refractivity contribution in [2.75, 3.05) is 25.7 Å². The summed E-state index contributed by atoms with van der Waals surface area (Å²) in [5, 5.41) is 7.50. The summed E-state index contributed by atoms with van der Waals surface area (Å²) in [6, 6.07) is 14.3. The van der Waals surface area contributed by atoms with Gasteiger partial charge in [0.05, 0.1) is 37.0 Å². The van der Waals surface area contributed by atoms with Gasteiger partial charge < -0.3 is 14.8 Å². The molecule has 162 valence electrons. The molecule has 2 heterocycles. The summed E-state index contributed by atoms with van der Waals surface area (Å²) in [6.07, 6.45) is 2.06. The van der Waals surface area contributed by atoms with Crippen molar-refractivity contribution in [3.05, 3.63) is 60.3 Å². The fourth-order valence-corrected chi connectivity index (χ4v) is 5.30. The average molecular weight is 442 g/mol. The molecular weight excluding hydrogens is 418 g/mol. The molecule has 0 spiro atoms. The second kappa shape index (κ2) is 8.43. The van der Waals surface area contributed by atoms with E-state index < -0.39 is 15.9 Å². The highest BCUT2D eigenvalue weighted by molar-refractivity contribution is 7.91. The van der Waals surface area contributed by atoms with Crippen molar-refractivity contribution in [3.63, 3.8) is 0 Å². The van der Waals surface area contributed by atoms with Crippen LogP contribution in [0.5, 0.6) is 11.5 Å². The third-order valence-corrected chi connectivity index (χ3v) is 6.97. The van der Waals surface area contributed by atoms with Crippen LogP contribution in [-0.4, -0.2) is 55.9 Å². The zero-order chi connectivity index (χ0) is 22.0. The Morgan fingerprint density at radius 1 is 1.10 bits per heavy atom. The van der Waals surface area contributed by atoms with Crippen molar-refractivity contribution >= 4 is 15.7 Å². The molecule has 8 nitrogen and oxygen atoms in total. The number of nitrogens with zero attached hydrogens (tertiary/aromatic N) is 2. The highest BCUT2D eigenvalue weighted by atomic mass is 32.2. The van der Waals surface area contributed by atoms with E-state index >= 15 is 0 Å². The minimum absolute atomic E-state index is 0.0444. The van der Waals surface area contributed by atoms with E-state index in [1.54, 1.807) is 43.3 Å². The van der Waals surface area contributed by atoms with E-state index in [4.69, 9.17) is 9.47 Å². The first-order chi connectivity index (χ1) is 14.9. The largest absolute Gasteiger partial charge is 0.493 e. The monoisotopic (exact) mass is 441 g/mol. The van der Waals surface area contributed by atoms with Crippen LogP contribution in [0, 0.1) is 0 Å². The van der Waals surface area contributed by atoms with E-state index in [9.17, 15) is 13.2 Å². The molecule has 1 aliphatic rings. The number of benzene rings is 2. The van der Waals surface area contributed by atoms with Crippen molar-refractivity contribution in [2.24, 2.45) is 0 Å². The van der Waals surface area contributed by atoms with Crippen LogP contribution in [0.1, 0.15) is 16.8 Å². The Morgan fingerprint density at radius 3 is 2.48 bits per heavy atom. The van der Waals surface area contributed by atoms with Gasteiger partial charge in [-0.2, -0.15) is 5.10 Å². The highest BCUT2D eigenvalue weighted by Crippen LogP contribution is 2.33. The fraction of sp³-hybridized carbons (Fsp3) is 0.273. The third-order valence-electron chi connectivity index (χ3n) is 5.20. The smallest absolute Gasteiger partial charge is 0.255 e. The molecule has 1 aliphatic heterocycles. The summed E-state index contributed by atoms with van der Waals surface area (Å²) >= 11 is 0. The molecule has 0 bridgehead atoms. The number of hydrogen-bond acceptors (Lipinski definition) is 6. The SMILES string of the molecule is COc1ccc(-c2nn(-c3ccccc3)cc2C(=O)NC2CCS(=O)(=O)C2)cc1OC. The summed E-state index contributed by atoms with van der Waals surface area (Å²) in [4.78, 5) is 13.1. The summed E-state index contributed by atoms with van der Waals surface area (Å²) in [7, 11) is -0.0142. The van der Waals surface area contributed by atoms with Crippen LogP contribution in [0.4, 0.5) is 0 Å². The number of hydrogen-bond donors (Lipinski definition) is 1. The zero-order valence-corrected chi connectivity index (χ0v) is 18.1. The maximum Gasteiger partial charge on any atom is 0.255 e. The number of carbonyl (C=O) groups excluding carboxylic acids is 1. The molecular formula is C22H23N3O5S. The first-order valence-corrected chi connectivity index (χ1v) is 11.6. The fourth-order valence-electron chi connectivity index (χ4n) is 3.62. The van der Waals surface area contributed by atoms with Crippen LogP contribution in [0.3, 0.4) is 0 Å². The van der Waals surface area contributed by atoms with Crippen LogP contribution in [0.25, 0.3) is 16.9 Å².